The number of amides is 1. The van der Waals surface area contributed by atoms with E-state index in [2.05, 4.69) is 38.5 Å². The summed E-state index contributed by atoms with van der Waals surface area (Å²) >= 11 is 0. The largest absolute Gasteiger partial charge is 0.490 e. The summed E-state index contributed by atoms with van der Waals surface area (Å²) in [5, 5.41) is 14.1. The van der Waals surface area contributed by atoms with Gasteiger partial charge in [0, 0.05) is 5.56 Å². The number of anilines is 2. The van der Waals surface area contributed by atoms with E-state index >= 15 is 0 Å². The van der Waals surface area contributed by atoms with Gasteiger partial charge in [0.25, 0.3) is 5.91 Å². The Morgan fingerprint density at radius 3 is 2.48 bits per heavy atom. The highest BCUT2D eigenvalue weighted by Gasteiger charge is 2.30. The van der Waals surface area contributed by atoms with Gasteiger partial charge in [-0.2, -0.15) is 5.17 Å². The van der Waals surface area contributed by atoms with Gasteiger partial charge in [0.2, 0.25) is 0 Å². The molecule has 1 aliphatic heterocycles. The number of nitrogens with zero attached hydrogens (tertiary/aromatic N) is 2. The van der Waals surface area contributed by atoms with E-state index in [1.165, 1.54) is 16.2 Å². The highest BCUT2D eigenvalue weighted by atomic mass is 16.6. The molecular formula is C27H29N3O3. The molecule has 6 heteroatoms. The molecule has 1 amide bonds. The smallest absolute Gasteiger partial charge is 0.274 e. The van der Waals surface area contributed by atoms with E-state index in [0.717, 1.165) is 34.5 Å². The molecule has 2 N–H and O–H groups in total. The second-order valence-electron chi connectivity index (χ2n) is 8.45. The lowest BCUT2D eigenvalue weighted by molar-refractivity contribution is 0.0957. The standard InChI is InChI=1S/C27H29N3O3/c1-19(2)7-6-8-20(3)15-16-33-24-14-13-21-17-23(12-11-22(21)18-24)27(31)29-25-9-4-5-10-26(25)30(32)28-29/h4-5,7,9-15,17-18,28,32H,6,8,16H2,1-3H3. The zero-order chi connectivity index (χ0) is 23.4. The highest BCUT2D eigenvalue weighted by Crippen LogP contribution is 2.33. The van der Waals surface area contributed by atoms with Crippen LogP contribution in [-0.4, -0.2) is 17.7 Å². The topological polar surface area (TPSA) is 65.0 Å². The van der Waals surface area contributed by atoms with Crippen molar-refractivity contribution in [3.63, 3.8) is 0 Å². The number of para-hydroxylation sites is 2. The molecule has 0 saturated carbocycles. The Balaban J connectivity index is 1.43. The lowest BCUT2D eigenvalue weighted by Crippen LogP contribution is -2.46. The first-order valence-electron chi connectivity index (χ1n) is 11.1. The van der Waals surface area contributed by atoms with Crippen LogP contribution in [0.25, 0.3) is 10.8 Å². The van der Waals surface area contributed by atoms with Crippen LogP contribution in [-0.2, 0) is 0 Å². The van der Waals surface area contributed by atoms with E-state index in [0.29, 0.717) is 23.5 Å². The molecule has 6 nitrogen and oxygen atoms in total. The molecule has 3 aromatic rings. The van der Waals surface area contributed by atoms with Gasteiger partial charge in [-0.05, 0) is 86.9 Å². The van der Waals surface area contributed by atoms with Gasteiger partial charge in [-0.15, -0.1) is 5.53 Å². The zero-order valence-corrected chi connectivity index (χ0v) is 19.2. The molecule has 3 aromatic carbocycles. The summed E-state index contributed by atoms with van der Waals surface area (Å²) in [6, 6.07) is 18.5. The number of rotatable bonds is 7. The third-order valence-corrected chi connectivity index (χ3v) is 5.58. The lowest BCUT2D eigenvalue weighted by atomic mass is 10.1. The molecule has 170 valence electrons. The Labute approximate surface area is 194 Å². The second kappa shape index (κ2) is 9.90. The average molecular weight is 444 g/mol. The summed E-state index contributed by atoms with van der Waals surface area (Å²) in [5.74, 6) is 0.538. The van der Waals surface area contributed by atoms with Gasteiger partial charge in [-0.3, -0.25) is 10.0 Å². The fourth-order valence-corrected chi connectivity index (χ4v) is 3.74. The third-order valence-electron chi connectivity index (χ3n) is 5.58. The number of hydrogen-bond donors (Lipinski definition) is 2. The van der Waals surface area contributed by atoms with E-state index in [1.54, 1.807) is 24.3 Å². The summed E-state index contributed by atoms with van der Waals surface area (Å²) in [6.45, 7) is 6.89. The molecule has 0 bridgehead atoms. The van der Waals surface area contributed by atoms with Crippen LogP contribution in [0.15, 0.2) is 84.0 Å². The number of fused-ring (bicyclic) bond motifs is 2. The molecule has 0 aliphatic carbocycles. The minimum Gasteiger partial charge on any atom is -0.490 e. The van der Waals surface area contributed by atoms with Crippen molar-refractivity contribution in [2.24, 2.45) is 0 Å². The second-order valence-corrected chi connectivity index (χ2v) is 8.45. The van der Waals surface area contributed by atoms with Gasteiger partial charge in [0.05, 0.1) is 5.69 Å². The van der Waals surface area contributed by atoms with Crippen LogP contribution in [0.1, 0.15) is 44.0 Å². The quantitative estimate of drug-likeness (QED) is 0.427. The Bertz CT molecular complexity index is 1230. The van der Waals surface area contributed by atoms with Crippen LogP contribution in [0.4, 0.5) is 11.4 Å². The molecule has 1 heterocycles. The van der Waals surface area contributed by atoms with Crippen molar-refractivity contribution in [1.29, 1.82) is 0 Å². The van der Waals surface area contributed by atoms with E-state index in [9.17, 15) is 10.0 Å². The van der Waals surface area contributed by atoms with Gasteiger partial charge < -0.3 is 4.74 Å². The average Bonchev–Trinajstić information content (AvgIpc) is 3.14. The molecule has 0 radical (unpaired) electrons. The van der Waals surface area contributed by atoms with Crippen LogP contribution in [0.5, 0.6) is 5.75 Å². The van der Waals surface area contributed by atoms with Crippen molar-refractivity contribution in [1.82, 2.24) is 5.53 Å². The highest BCUT2D eigenvalue weighted by molar-refractivity contribution is 6.10. The maximum atomic E-state index is 13.1. The van der Waals surface area contributed by atoms with Crippen LogP contribution in [0.3, 0.4) is 0 Å². The van der Waals surface area contributed by atoms with Gasteiger partial charge in [0.15, 0.2) is 0 Å². The van der Waals surface area contributed by atoms with Crippen molar-refractivity contribution >= 4 is 28.1 Å². The first-order chi connectivity index (χ1) is 15.9. The van der Waals surface area contributed by atoms with Gasteiger partial charge >= 0.3 is 0 Å². The molecular weight excluding hydrogens is 414 g/mol. The zero-order valence-electron chi connectivity index (χ0n) is 19.2. The monoisotopic (exact) mass is 443 g/mol. The van der Waals surface area contributed by atoms with Gasteiger partial charge in [0.1, 0.15) is 18.0 Å². The van der Waals surface area contributed by atoms with Crippen LogP contribution in [0, 0.1) is 0 Å². The van der Waals surface area contributed by atoms with Crippen molar-refractivity contribution in [2.75, 3.05) is 16.8 Å². The molecule has 0 unspecified atom stereocenters. The molecule has 0 spiro atoms. The minimum absolute atomic E-state index is 0.255. The maximum absolute atomic E-state index is 13.1. The molecule has 0 fully saturated rings. The van der Waals surface area contributed by atoms with Gasteiger partial charge in [-0.1, -0.05) is 41.5 Å². The molecule has 1 aliphatic rings. The summed E-state index contributed by atoms with van der Waals surface area (Å²) < 4.78 is 5.91. The SMILES string of the molecule is CC(C)=CCCC(C)=CCOc1ccc2cc(C(=O)N3NN(O)c4ccccc43)ccc2c1. The summed E-state index contributed by atoms with van der Waals surface area (Å²) in [5.41, 5.74) is 6.96. The fourth-order valence-electron chi connectivity index (χ4n) is 3.74. The van der Waals surface area contributed by atoms with Crippen molar-refractivity contribution < 1.29 is 14.7 Å². The summed E-state index contributed by atoms with van der Waals surface area (Å²) in [4.78, 5) is 13.1. The third kappa shape index (κ3) is 5.25. The van der Waals surface area contributed by atoms with Crippen molar-refractivity contribution in [3.05, 3.63) is 89.5 Å². The molecule has 0 aromatic heterocycles. The predicted octanol–water partition coefficient (Wildman–Crippen LogP) is 6.19. The van der Waals surface area contributed by atoms with Gasteiger partial charge in [-0.25, -0.2) is 5.01 Å². The molecule has 33 heavy (non-hydrogen) atoms. The van der Waals surface area contributed by atoms with Crippen LogP contribution >= 0.6 is 0 Å². The van der Waals surface area contributed by atoms with Crippen LogP contribution < -0.4 is 20.5 Å². The number of nitrogens with one attached hydrogen (secondary N) is 1. The van der Waals surface area contributed by atoms with E-state index in [-0.39, 0.29) is 5.91 Å². The summed E-state index contributed by atoms with van der Waals surface area (Å²) in [7, 11) is 0. The van der Waals surface area contributed by atoms with Crippen LogP contribution in [0.2, 0.25) is 0 Å². The van der Waals surface area contributed by atoms with Crippen molar-refractivity contribution in [3.8, 4) is 5.75 Å². The molecule has 0 atom stereocenters. The number of hydrogen-bond acceptors (Lipinski definition) is 5. The number of ether oxygens (including phenoxy) is 1. The fraction of sp³-hybridized carbons (Fsp3) is 0.222. The maximum Gasteiger partial charge on any atom is 0.274 e. The van der Waals surface area contributed by atoms with E-state index < -0.39 is 0 Å². The Morgan fingerprint density at radius 1 is 0.970 bits per heavy atom. The first kappa shape index (κ1) is 22.6. The molecule has 0 saturated heterocycles. The number of hydrazine groups is 2. The number of carbonyl (C=O) groups excluding carboxylic acids is 1. The minimum atomic E-state index is -0.255. The number of allylic oxidation sites excluding steroid dienone is 3. The number of carbonyl (C=O) groups is 1. The lowest BCUT2D eigenvalue weighted by Gasteiger charge is -2.17. The normalized spacial score (nSPS) is 13.3. The van der Waals surface area contributed by atoms with E-state index in [4.69, 9.17) is 4.74 Å². The predicted molar refractivity (Wildman–Crippen MR) is 133 cm³/mol. The van der Waals surface area contributed by atoms with Crippen molar-refractivity contribution in [2.45, 2.75) is 33.6 Å². The first-order valence-corrected chi connectivity index (χ1v) is 11.1. The Morgan fingerprint density at radius 2 is 1.70 bits per heavy atom. The number of benzene rings is 3. The summed E-state index contributed by atoms with van der Waals surface area (Å²) in [6.07, 6.45) is 6.46. The Kier molecular flexibility index (Phi) is 6.77. The molecule has 4 rings (SSSR count). The van der Waals surface area contributed by atoms with E-state index in [1.807, 2.05) is 36.4 Å². The Hall–Kier alpha value is -3.61.